The van der Waals surface area contributed by atoms with E-state index in [4.69, 9.17) is 0 Å². The number of sulfone groups is 1. The lowest BCUT2D eigenvalue weighted by molar-refractivity contribution is -0.137. The molecule has 0 spiro atoms. The number of halogens is 3. The van der Waals surface area contributed by atoms with Gasteiger partial charge in [-0.2, -0.15) is 17.9 Å². The van der Waals surface area contributed by atoms with E-state index in [-0.39, 0.29) is 17.3 Å². The van der Waals surface area contributed by atoms with E-state index >= 15 is 0 Å². The monoisotopic (exact) mass is 512 g/mol. The van der Waals surface area contributed by atoms with Gasteiger partial charge in [0.15, 0.2) is 27.2 Å². The van der Waals surface area contributed by atoms with E-state index in [0.717, 1.165) is 18.5 Å². The van der Waals surface area contributed by atoms with Crippen LogP contribution in [0.5, 0.6) is 0 Å². The number of benzene rings is 1. The molecule has 11 nitrogen and oxygen atoms in total. The quantitative estimate of drug-likeness (QED) is 0.490. The second-order valence-electron chi connectivity index (χ2n) is 7.39. The Morgan fingerprint density at radius 3 is 2.37 bits per heavy atom. The fourth-order valence-corrected chi connectivity index (χ4v) is 3.66. The Morgan fingerprint density at radius 2 is 1.83 bits per heavy atom. The largest absolute Gasteiger partial charge is 0.464 e. The molecule has 0 saturated carbocycles. The fraction of sp³-hybridized carbons (Fsp3) is 0.300. The highest BCUT2D eigenvalue weighted by atomic mass is 32.2. The molecule has 0 aliphatic carbocycles. The van der Waals surface area contributed by atoms with E-state index in [1.165, 1.54) is 24.9 Å². The number of alkyl halides is 3. The van der Waals surface area contributed by atoms with Crippen LogP contribution < -0.4 is 5.32 Å². The Bertz CT molecular complexity index is 1390. The molecule has 15 heteroatoms. The molecule has 3 aromatic rings. The first-order valence-electron chi connectivity index (χ1n) is 9.78. The zero-order valence-electron chi connectivity index (χ0n) is 18.8. The Morgan fingerprint density at radius 1 is 1.14 bits per heavy atom. The summed E-state index contributed by atoms with van der Waals surface area (Å²) in [5.74, 6) is -1.07. The lowest BCUT2D eigenvalue weighted by Gasteiger charge is -2.16. The molecule has 0 aliphatic heterocycles. The van der Waals surface area contributed by atoms with Crippen LogP contribution in [0.1, 0.15) is 51.0 Å². The highest BCUT2D eigenvalue weighted by Crippen LogP contribution is 2.32. The fourth-order valence-electron chi connectivity index (χ4n) is 2.97. The van der Waals surface area contributed by atoms with Gasteiger partial charge in [-0.25, -0.2) is 28.2 Å². The van der Waals surface area contributed by atoms with Crippen molar-refractivity contribution in [3.8, 4) is 5.82 Å². The average molecular weight is 512 g/mol. The normalized spacial score (nSPS) is 12.8. The van der Waals surface area contributed by atoms with Gasteiger partial charge in [0.25, 0.3) is 5.91 Å². The molecule has 1 unspecified atom stereocenters. The van der Waals surface area contributed by atoms with E-state index in [9.17, 15) is 31.2 Å². The zero-order valence-corrected chi connectivity index (χ0v) is 19.6. The van der Waals surface area contributed by atoms with Gasteiger partial charge < -0.3 is 10.1 Å². The first-order chi connectivity index (χ1) is 16.2. The van der Waals surface area contributed by atoms with Crippen LogP contribution >= 0.6 is 0 Å². The van der Waals surface area contributed by atoms with Gasteiger partial charge >= 0.3 is 12.1 Å². The van der Waals surface area contributed by atoms with Crippen molar-refractivity contribution in [1.29, 1.82) is 0 Å². The highest BCUT2D eigenvalue weighted by Gasteiger charge is 2.33. The third kappa shape index (κ3) is 5.79. The number of amides is 1. The number of ether oxygens (including phenoxy) is 1. The maximum atomic E-state index is 13.3. The van der Waals surface area contributed by atoms with Crippen molar-refractivity contribution in [2.24, 2.45) is 0 Å². The first kappa shape index (κ1) is 25.7. The van der Waals surface area contributed by atoms with Crippen LogP contribution in [0.2, 0.25) is 0 Å². The summed E-state index contributed by atoms with van der Waals surface area (Å²) in [6.07, 6.45) is -1.75. The number of carbonyl (C=O) groups is 2. The van der Waals surface area contributed by atoms with E-state index in [2.05, 4.69) is 30.1 Å². The Balaban J connectivity index is 1.93. The van der Waals surface area contributed by atoms with Crippen LogP contribution in [-0.2, 0) is 20.8 Å². The summed E-state index contributed by atoms with van der Waals surface area (Å²) in [7, 11) is -2.84. The Hall–Kier alpha value is -3.88. The number of carbonyl (C=O) groups excluding carboxylic acids is 2. The van der Waals surface area contributed by atoms with Gasteiger partial charge in [-0.15, -0.1) is 5.10 Å². The molecule has 1 N–H and O–H groups in total. The van der Waals surface area contributed by atoms with Crippen molar-refractivity contribution < 1.29 is 35.9 Å². The first-order valence-corrected chi connectivity index (χ1v) is 11.7. The van der Waals surface area contributed by atoms with Crippen molar-refractivity contribution in [1.82, 2.24) is 30.0 Å². The summed E-state index contributed by atoms with van der Waals surface area (Å²) in [6, 6.07) is 0.984. The molecule has 0 saturated heterocycles. The number of nitrogens with zero attached hydrogens (tertiary/aromatic N) is 5. The number of hydrogen-bond donors (Lipinski definition) is 1. The number of methoxy groups -OCH3 is 1. The zero-order chi connectivity index (χ0) is 26.1. The van der Waals surface area contributed by atoms with Gasteiger partial charge in [0.1, 0.15) is 5.82 Å². The van der Waals surface area contributed by atoms with Gasteiger partial charge in [-0.1, -0.05) is 0 Å². The van der Waals surface area contributed by atoms with Crippen molar-refractivity contribution >= 4 is 21.7 Å². The van der Waals surface area contributed by atoms with E-state index < -0.39 is 50.0 Å². The van der Waals surface area contributed by atoms with Gasteiger partial charge in [-0.05, 0) is 32.0 Å². The molecule has 2 heterocycles. The summed E-state index contributed by atoms with van der Waals surface area (Å²) in [5.41, 5.74) is -1.84. The predicted molar refractivity (Wildman–Crippen MR) is 113 cm³/mol. The van der Waals surface area contributed by atoms with Crippen molar-refractivity contribution in [2.45, 2.75) is 31.0 Å². The van der Waals surface area contributed by atoms with Gasteiger partial charge in [0, 0.05) is 11.8 Å². The molecule has 2 aromatic heterocycles. The lowest BCUT2D eigenvalue weighted by atomic mass is 10.1. The van der Waals surface area contributed by atoms with Gasteiger partial charge in [-0.3, -0.25) is 4.79 Å². The molecule has 1 amide bonds. The number of rotatable bonds is 6. The highest BCUT2D eigenvalue weighted by molar-refractivity contribution is 7.90. The molecular formula is C20H19F3N6O5S. The minimum absolute atomic E-state index is 0.0535. The number of aryl methyl sites for hydroxylation is 1. The lowest BCUT2D eigenvalue weighted by Crippen LogP contribution is -2.29. The van der Waals surface area contributed by atoms with Gasteiger partial charge in [0.2, 0.25) is 0 Å². The van der Waals surface area contributed by atoms with E-state index in [1.807, 2.05) is 0 Å². The molecule has 3 rings (SSSR count). The van der Waals surface area contributed by atoms with Gasteiger partial charge in [0.05, 0.1) is 36.0 Å². The van der Waals surface area contributed by atoms with E-state index in [0.29, 0.717) is 18.0 Å². The van der Waals surface area contributed by atoms with Crippen LogP contribution in [0.4, 0.5) is 13.2 Å². The maximum absolute atomic E-state index is 13.3. The molecule has 1 aromatic carbocycles. The third-order valence-corrected chi connectivity index (χ3v) is 5.74. The molecular weight excluding hydrogens is 493 g/mol. The summed E-state index contributed by atoms with van der Waals surface area (Å²) in [4.78, 5) is 35.9. The van der Waals surface area contributed by atoms with Crippen molar-refractivity contribution in [2.75, 3.05) is 13.4 Å². The van der Waals surface area contributed by atoms with Crippen LogP contribution in [0.15, 0.2) is 35.5 Å². The van der Waals surface area contributed by atoms with Crippen molar-refractivity contribution in [3.05, 3.63) is 59.1 Å². The summed E-state index contributed by atoms with van der Waals surface area (Å²) in [5, 5.41) is 6.66. The molecule has 35 heavy (non-hydrogen) atoms. The number of aromatic nitrogens is 5. The van der Waals surface area contributed by atoms with Crippen LogP contribution in [0.25, 0.3) is 5.82 Å². The van der Waals surface area contributed by atoms with E-state index in [1.54, 1.807) is 6.92 Å². The molecule has 0 bridgehead atoms. The molecule has 186 valence electrons. The number of esters is 1. The average Bonchev–Trinajstić information content (AvgIpc) is 3.19. The Kier molecular flexibility index (Phi) is 6.91. The Labute approximate surface area is 197 Å². The minimum atomic E-state index is -4.87. The predicted octanol–water partition coefficient (Wildman–Crippen LogP) is 2.07. The number of nitrogens with one attached hydrogen (secondary N) is 1. The SMILES string of the molecule is COC(=O)c1cnc(-n2nc(C)nc2C(C)NC(=O)c2cc(C(F)(F)F)cc(S(C)(=O)=O)c2)cn1. The van der Waals surface area contributed by atoms with Crippen LogP contribution in [0, 0.1) is 6.92 Å². The molecule has 0 radical (unpaired) electrons. The second-order valence-corrected chi connectivity index (χ2v) is 9.41. The molecule has 1 atom stereocenters. The molecule has 0 fully saturated rings. The second kappa shape index (κ2) is 9.40. The number of hydrogen-bond acceptors (Lipinski definition) is 9. The van der Waals surface area contributed by atoms with Crippen LogP contribution in [-0.4, -0.2) is 58.4 Å². The molecule has 0 aliphatic rings. The van der Waals surface area contributed by atoms with Crippen molar-refractivity contribution in [3.63, 3.8) is 0 Å². The smallest absolute Gasteiger partial charge is 0.416 e. The summed E-state index contributed by atoms with van der Waals surface area (Å²) >= 11 is 0. The summed E-state index contributed by atoms with van der Waals surface area (Å²) < 4.78 is 69.4. The summed E-state index contributed by atoms with van der Waals surface area (Å²) in [6.45, 7) is 3.06. The minimum Gasteiger partial charge on any atom is -0.464 e. The third-order valence-electron chi connectivity index (χ3n) is 4.65. The maximum Gasteiger partial charge on any atom is 0.416 e. The topological polar surface area (TPSA) is 146 Å². The standard InChI is InChI=1S/C20H19F3N6O5S/c1-10(17-27-11(2)28-29(17)16-9-24-15(8-25-16)19(31)34-3)26-18(30)12-5-13(20(21,22)23)7-14(6-12)35(4,32)33/h5-10H,1-4H3,(H,26,30). The van der Waals surface area contributed by atoms with Crippen LogP contribution in [0.3, 0.4) is 0 Å².